The Morgan fingerprint density at radius 2 is 1.13 bits per heavy atom. The van der Waals surface area contributed by atoms with E-state index in [0.29, 0.717) is 18.5 Å². The van der Waals surface area contributed by atoms with Gasteiger partial charge in [-0.25, -0.2) is 0 Å². The van der Waals surface area contributed by atoms with E-state index in [4.69, 9.17) is 9.05 Å². The molecule has 0 saturated carbocycles. The molecule has 190 valence electrons. The summed E-state index contributed by atoms with van der Waals surface area (Å²) in [6.07, 6.45) is 0. The zero-order valence-electron chi connectivity index (χ0n) is 21.2. The van der Waals surface area contributed by atoms with Crippen LogP contribution >= 0.6 is 30.3 Å². The summed E-state index contributed by atoms with van der Waals surface area (Å²) in [5.41, 5.74) is 2.32. The highest BCUT2D eigenvalue weighted by molar-refractivity contribution is 7.63. The van der Waals surface area contributed by atoms with Crippen LogP contribution in [0.3, 0.4) is 0 Å². The molecule has 0 aliphatic heterocycles. The number of thiophene rings is 2. The first-order valence-corrected chi connectivity index (χ1v) is 15.9. The molecule has 0 radical (unpaired) electrons. The molecule has 38 heavy (non-hydrogen) atoms. The van der Waals surface area contributed by atoms with E-state index >= 15 is 0 Å². The second-order valence-corrected chi connectivity index (χ2v) is 13.0. The fourth-order valence-electron chi connectivity index (χ4n) is 4.90. The summed E-state index contributed by atoms with van der Waals surface area (Å²) >= 11 is 3.36. The molecule has 0 fully saturated rings. The molecule has 0 unspecified atom stereocenters. The Hall–Kier alpha value is -3.05. The highest BCUT2D eigenvalue weighted by Crippen LogP contribution is 2.54. The van der Waals surface area contributed by atoms with Crippen molar-refractivity contribution < 1.29 is 13.6 Å². The summed E-state index contributed by atoms with van der Waals surface area (Å²) in [7, 11) is -3.52. The Labute approximate surface area is 230 Å². The lowest BCUT2D eigenvalue weighted by atomic mass is 10.0. The van der Waals surface area contributed by atoms with E-state index in [9.17, 15) is 4.57 Å². The van der Waals surface area contributed by atoms with Gasteiger partial charge in [-0.15, -0.1) is 22.7 Å². The van der Waals surface area contributed by atoms with Crippen LogP contribution in [-0.2, 0) is 13.6 Å². The van der Waals surface area contributed by atoms with E-state index in [1.807, 2.05) is 19.9 Å². The van der Waals surface area contributed by atoms with Crippen molar-refractivity contribution in [1.82, 2.24) is 0 Å². The maximum absolute atomic E-state index is 14.1. The second kappa shape index (κ2) is 10.6. The van der Waals surface area contributed by atoms with Crippen molar-refractivity contribution in [3.05, 3.63) is 103 Å². The predicted molar refractivity (Wildman–Crippen MR) is 164 cm³/mol. The topological polar surface area (TPSA) is 35.5 Å². The first-order valence-electron chi connectivity index (χ1n) is 12.7. The average molecular weight is 555 g/mol. The van der Waals surface area contributed by atoms with E-state index in [1.165, 1.54) is 32.0 Å². The van der Waals surface area contributed by atoms with Gasteiger partial charge in [-0.1, -0.05) is 84.9 Å². The highest BCUT2D eigenvalue weighted by atomic mass is 32.1. The van der Waals surface area contributed by atoms with Gasteiger partial charge in [0.05, 0.1) is 23.4 Å². The third-order valence-corrected chi connectivity index (χ3v) is 11.3. The molecular weight excluding hydrogens is 527 g/mol. The van der Waals surface area contributed by atoms with Crippen molar-refractivity contribution in [3.8, 4) is 30.6 Å². The van der Waals surface area contributed by atoms with Gasteiger partial charge in [0.15, 0.2) is 0 Å². The number of rotatable bonds is 8. The van der Waals surface area contributed by atoms with Crippen molar-refractivity contribution in [1.29, 1.82) is 0 Å². The summed E-state index contributed by atoms with van der Waals surface area (Å²) < 4.78 is 25.8. The van der Waals surface area contributed by atoms with Crippen LogP contribution in [-0.4, -0.2) is 13.2 Å². The Balaban J connectivity index is 1.54. The maximum atomic E-state index is 14.1. The van der Waals surface area contributed by atoms with E-state index in [1.54, 1.807) is 22.7 Å². The molecule has 0 aliphatic carbocycles. The zero-order valence-corrected chi connectivity index (χ0v) is 23.7. The van der Waals surface area contributed by atoms with Crippen molar-refractivity contribution in [2.45, 2.75) is 13.8 Å². The van der Waals surface area contributed by atoms with Crippen LogP contribution in [0.15, 0.2) is 103 Å². The lowest BCUT2D eigenvalue weighted by Gasteiger charge is -2.17. The Bertz CT molecular complexity index is 1780. The van der Waals surface area contributed by atoms with Gasteiger partial charge in [0.25, 0.3) is 0 Å². The van der Waals surface area contributed by atoms with Gasteiger partial charge in [-0.2, -0.15) is 0 Å². The molecule has 0 N–H and O–H groups in total. The molecule has 0 bridgehead atoms. The molecule has 2 heterocycles. The van der Waals surface area contributed by atoms with Gasteiger partial charge in [0, 0.05) is 14.6 Å². The lowest BCUT2D eigenvalue weighted by molar-refractivity contribution is 0.230. The maximum Gasteiger partial charge on any atom is 0.362 e. The molecule has 0 aliphatic rings. The Kier molecular flexibility index (Phi) is 7.05. The lowest BCUT2D eigenvalue weighted by Crippen LogP contribution is -2.10. The molecule has 0 saturated heterocycles. The van der Waals surface area contributed by atoms with Crippen molar-refractivity contribution in [2.24, 2.45) is 0 Å². The number of benzene rings is 4. The molecular formula is C32H27O3PS2. The minimum absolute atomic E-state index is 0.307. The smallest absolute Gasteiger partial charge is 0.305 e. The predicted octanol–water partition coefficient (Wildman–Crippen LogP) is 10.0. The molecule has 6 aromatic rings. The van der Waals surface area contributed by atoms with Crippen LogP contribution < -0.4 is 5.30 Å². The van der Waals surface area contributed by atoms with Crippen LogP contribution in [0, 0.1) is 0 Å². The highest BCUT2D eigenvalue weighted by Gasteiger charge is 2.33. The van der Waals surface area contributed by atoms with Crippen LogP contribution in [0.2, 0.25) is 0 Å². The third kappa shape index (κ3) is 4.55. The largest absolute Gasteiger partial charge is 0.362 e. The van der Waals surface area contributed by atoms with E-state index < -0.39 is 7.60 Å². The standard InChI is InChI=1S/C32H27O3PS2/c1-3-34-36(33,35-4-2)28-21-31(27-18-10-14-23-12-6-8-16-25(23)27)38-32(28)30-20-19-29(37-30)26-17-9-13-22-11-5-7-15-24(22)26/h5-21H,3-4H2,1-2H3. The number of hydrogen-bond acceptors (Lipinski definition) is 5. The molecule has 4 aromatic carbocycles. The minimum atomic E-state index is -3.52. The quantitative estimate of drug-likeness (QED) is 0.176. The van der Waals surface area contributed by atoms with Crippen LogP contribution in [0.4, 0.5) is 0 Å². The van der Waals surface area contributed by atoms with Gasteiger partial charge in [0.1, 0.15) is 0 Å². The Morgan fingerprint density at radius 3 is 1.74 bits per heavy atom. The van der Waals surface area contributed by atoms with E-state index in [-0.39, 0.29) is 0 Å². The van der Waals surface area contributed by atoms with Gasteiger partial charge in [-0.05, 0) is 64.7 Å². The Morgan fingerprint density at radius 1 is 0.605 bits per heavy atom. The van der Waals surface area contributed by atoms with Crippen molar-refractivity contribution in [2.75, 3.05) is 13.2 Å². The normalized spacial score (nSPS) is 11.9. The monoisotopic (exact) mass is 554 g/mol. The molecule has 0 amide bonds. The fourth-order valence-corrected chi connectivity index (χ4v) is 9.49. The molecule has 6 rings (SSSR count). The summed E-state index contributed by atoms with van der Waals surface area (Å²) in [6.45, 7) is 4.32. The van der Waals surface area contributed by atoms with Gasteiger partial charge < -0.3 is 9.05 Å². The van der Waals surface area contributed by atoms with Crippen molar-refractivity contribution in [3.63, 3.8) is 0 Å². The van der Waals surface area contributed by atoms with Crippen LogP contribution in [0.5, 0.6) is 0 Å². The summed E-state index contributed by atoms with van der Waals surface area (Å²) in [6, 6.07) is 35.9. The van der Waals surface area contributed by atoms with Gasteiger partial charge >= 0.3 is 7.60 Å². The molecule has 2 aromatic heterocycles. The summed E-state index contributed by atoms with van der Waals surface area (Å²) in [5, 5.41) is 5.42. The SMILES string of the molecule is CCOP(=O)(OCC)c1cc(-c2cccc3ccccc23)sc1-c1ccc(-c2cccc3ccccc23)s1. The summed E-state index contributed by atoms with van der Waals surface area (Å²) in [5.74, 6) is 0. The minimum Gasteiger partial charge on any atom is -0.305 e. The first-order chi connectivity index (χ1) is 18.6. The zero-order chi connectivity index (χ0) is 26.1. The molecule has 0 spiro atoms. The van der Waals surface area contributed by atoms with Gasteiger partial charge in [-0.3, -0.25) is 4.57 Å². The van der Waals surface area contributed by atoms with Gasteiger partial charge in [0.2, 0.25) is 0 Å². The van der Waals surface area contributed by atoms with E-state index in [0.717, 1.165) is 20.2 Å². The van der Waals surface area contributed by atoms with E-state index in [2.05, 4.69) is 97.1 Å². The fraction of sp³-hybridized carbons (Fsp3) is 0.125. The summed E-state index contributed by atoms with van der Waals surface area (Å²) in [4.78, 5) is 4.21. The van der Waals surface area contributed by atoms with Crippen LogP contribution in [0.25, 0.3) is 52.2 Å². The first kappa shape index (κ1) is 25.2. The molecule has 3 nitrogen and oxygen atoms in total. The van der Waals surface area contributed by atoms with Crippen molar-refractivity contribution >= 4 is 57.1 Å². The second-order valence-electron chi connectivity index (χ2n) is 8.88. The number of hydrogen-bond donors (Lipinski definition) is 0. The number of fused-ring (bicyclic) bond motifs is 2. The third-order valence-electron chi connectivity index (χ3n) is 6.55. The molecule has 0 atom stereocenters. The average Bonchev–Trinajstić information content (AvgIpc) is 3.61. The molecule has 6 heteroatoms. The van der Waals surface area contributed by atoms with Crippen LogP contribution in [0.1, 0.15) is 13.8 Å².